The summed E-state index contributed by atoms with van der Waals surface area (Å²) in [5.74, 6) is -0.0455. The van der Waals surface area contributed by atoms with Crippen molar-refractivity contribution in [3.63, 3.8) is 0 Å². The van der Waals surface area contributed by atoms with Gasteiger partial charge in [0, 0.05) is 12.1 Å². The standard InChI is InChI=1S/C18H15ClN2OS/c1-12-3-9-15(10-4-12)20-18-21(2)17(22)16(23-18)11-13-5-7-14(19)8-6-13/h3-11H,1-2H3/b16-11+,20-18?. The van der Waals surface area contributed by atoms with Crippen molar-refractivity contribution in [2.75, 3.05) is 7.05 Å². The van der Waals surface area contributed by atoms with E-state index in [0.717, 1.165) is 11.3 Å². The highest BCUT2D eigenvalue weighted by atomic mass is 35.5. The number of benzene rings is 2. The van der Waals surface area contributed by atoms with Crippen LogP contribution in [0.3, 0.4) is 0 Å². The van der Waals surface area contributed by atoms with Gasteiger partial charge < -0.3 is 0 Å². The molecule has 0 radical (unpaired) electrons. The Morgan fingerprint density at radius 2 is 1.74 bits per heavy atom. The lowest BCUT2D eigenvalue weighted by atomic mass is 10.2. The summed E-state index contributed by atoms with van der Waals surface area (Å²) in [6, 6.07) is 15.3. The van der Waals surface area contributed by atoms with E-state index in [-0.39, 0.29) is 5.91 Å². The molecular weight excluding hydrogens is 328 g/mol. The Labute approximate surface area is 144 Å². The lowest BCUT2D eigenvalue weighted by Crippen LogP contribution is -2.23. The van der Waals surface area contributed by atoms with Crippen LogP contribution in [0.15, 0.2) is 58.4 Å². The predicted molar refractivity (Wildman–Crippen MR) is 98.1 cm³/mol. The van der Waals surface area contributed by atoms with Crippen LogP contribution in [0.25, 0.3) is 6.08 Å². The number of rotatable bonds is 2. The fourth-order valence-corrected chi connectivity index (χ4v) is 3.20. The molecule has 0 bridgehead atoms. The van der Waals surface area contributed by atoms with Gasteiger partial charge in [0.25, 0.3) is 5.91 Å². The topological polar surface area (TPSA) is 32.7 Å². The van der Waals surface area contributed by atoms with Crippen molar-refractivity contribution in [1.29, 1.82) is 0 Å². The maximum absolute atomic E-state index is 12.4. The summed E-state index contributed by atoms with van der Waals surface area (Å²) in [6.45, 7) is 2.03. The molecule has 1 saturated heterocycles. The summed E-state index contributed by atoms with van der Waals surface area (Å²) in [5, 5.41) is 1.36. The Morgan fingerprint density at radius 3 is 2.39 bits per heavy atom. The first-order valence-electron chi connectivity index (χ1n) is 7.11. The second kappa shape index (κ2) is 6.60. The maximum atomic E-state index is 12.4. The van der Waals surface area contributed by atoms with Crippen molar-refractivity contribution in [3.8, 4) is 0 Å². The summed E-state index contributed by atoms with van der Waals surface area (Å²) in [6.07, 6.45) is 1.86. The zero-order chi connectivity index (χ0) is 16.4. The zero-order valence-electron chi connectivity index (χ0n) is 12.8. The summed E-state index contributed by atoms with van der Waals surface area (Å²) in [5.41, 5.74) is 2.96. The number of carbonyl (C=O) groups is 1. The molecule has 0 aliphatic carbocycles. The molecule has 2 aromatic rings. The molecule has 3 rings (SSSR count). The fourth-order valence-electron chi connectivity index (χ4n) is 2.09. The molecule has 0 aromatic heterocycles. The Hall–Kier alpha value is -2.04. The molecule has 1 aliphatic rings. The molecule has 0 spiro atoms. The summed E-state index contributed by atoms with van der Waals surface area (Å²) < 4.78 is 0. The number of aryl methyl sites for hydroxylation is 1. The van der Waals surface area contributed by atoms with Gasteiger partial charge in [0.05, 0.1) is 10.6 Å². The first-order valence-corrected chi connectivity index (χ1v) is 8.31. The Bertz CT molecular complexity index is 795. The lowest BCUT2D eigenvalue weighted by Gasteiger charge is -2.07. The number of hydrogen-bond acceptors (Lipinski definition) is 3. The molecule has 1 fully saturated rings. The molecule has 0 N–H and O–H groups in total. The van der Waals surface area contributed by atoms with Crippen LogP contribution in [0.5, 0.6) is 0 Å². The highest BCUT2D eigenvalue weighted by Crippen LogP contribution is 2.33. The molecule has 3 nitrogen and oxygen atoms in total. The molecule has 23 heavy (non-hydrogen) atoms. The summed E-state index contributed by atoms with van der Waals surface area (Å²) in [4.78, 5) is 19.1. The summed E-state index contributed by atoms with van der Waals surface area (Å²) >= 11 is 7.26. The first-order chi connectivity index (χ1) is 11.0. The molecule has 1 heterocycles. The van der Waals surface area contributed by atoms with Gasteiger partial charge in [0.1, 0.15) is 0 Å². The SMILES string of the molecule is Cc1ccc(N=C2S/C(=C/c3ccc(Cl)cc3)C(=O)N2C)cc1. The molecule has 0 unspecified atom stereocenters. The van der Waals surface area contributed by atoms with Crippen molar-refractivity contribution in [2.45, 2.75) is 6.92 Å². The van der Waals surface area contributed by atoms with E-state index in [1.807, 2.05) is 61.5 Å². The average Bonchev–Trinajstić information content (AvgIpc) is 2.80. The average molecular weight is 343 g/mol. The minimum absolute atomic E-state index is 0.0455. The van der Waals surface area contributed by atoms with Crippen molar-refractivity contribution >= 4 is 46.2 Å². The fraction of sp³-hybridized carbons (Fsp3) is 0.111. The van der Waals surface area contributed by atoms with Gasteiger partial charge in [-0.25, -0.2) is 4.99 Å². The van der Waals surface area contributed by atoms with Crippen LogP contribution in [0.4, 0.5) is 5.69 Å². The van der Waals surface area contributed by atoms with Crippen LogP contribution in [-0.2, 0) is 4.79 Å². The minimum Gasteiger partial charge on any atom is -0.290 e. The van der Waals surface area contributed by atoms with Gasteiger partial charge in [-0.2, -0.15) is 0 Å². The molecule has 2 aromatic carbocycles. The number of thioether (sulfide) groups is 1. The number of carbonyl (C=O) groups excluding carboxylic acids is 1. The number of likely N-dealkylation sites (N-methyl/N-ethyl adjacent to an activating group) is 1. The van der Waals surface area contributed by atoms with Crippen molar-refractivity contribution in [3.05, 3.63) is 69.6 Å². The Balaban J connectivity index is 1.87. The number of hydrogen-bond donors (Lipinski definition) is 0. The van der Waals surface area contributed by atoms with E-state index in [2.05, 4.69) is 4.99 Å². The van der Waals surface area contributed by atoms with Crippen molar-refractivity contribution in [2.24, 2.45) is 4.99 Å². The van der Waals surface area contributed by atoms with Crippen LogP contribution in [0.1, 0.15) is 11.1 Å². The van der Waals surface area contributed by atoms with Crippen LogP contribution >= 0.6 is 23.4 Å². The Kier molecular flexibility index (Phi) is 4.55. The highest BCUT2D eigenvalue weighted by molar-refractivity contribution is 8.18. The molecule has 1 amide bonds. The smallest absolute Gasteiger partial charge is 0.266 e. The van der Waals surface area contributed by atoms with Crippen LogP contribution in [-0.4, -0.2) is 23.0 Å². The first kappa shape index (κ1) is 15.8. The monoisotopic (exact) mass is 342 g/mol. The number of amides is 1. The zero-order valence-corrected chi connectivity index (χ0v) is 14.4. The molecule has 116 valence electrons. The molecule has 0 atom stereocenters. The third kappa shape index (κ3) is 3.66. The van der Waals surface area contributed by atoms with Crippen LogP contribution in [0.2, 0.25) is 5.02 Å². The number of aliphatic imine (C=N–C) groups is 1. The number of nitrogens with zero attached hydrogens (tertiary/aromatic N) is 2. The number of halogens is 1. The van der Waals surface area contributed by atoms with Gasteiger partial charge in [0.15, 0.2) is 5.17 Å². The van der Waals surface area contributed by atoms with Crippen molar-refractivity contribution in [1.82, 2.24) is 4.90 Å². The van der Waals surface area contributed by atoms with Crippen LogP contribution < -0.4 is 0 Å². The van der Waals surface area contributed by atoms with E-state index >= 15 is 0 Å². The van der Waals surface area contributed by atoms with Gasteiger partial charge in [-0.05, 0) is 54.6 Å². The van der Waals surface area contributed by atoms with Gasteiger partial charge in [-0.15, -0.1) is 0 Å². The molecular formula is C18H15ClN2OS. The van der Waals surface area contributed by atoms with E-state index in [1.54, 1.807) is 11.9 Å². The minimum atomic E-state index is -0.0455. The quantitative estimate of drug-likeness (QED) is 0.728. The van der Waals surface area contributed by atoms with E-state index < -0.39 is 0 Å². The van der Waals surface area contributed by atoms with Gasteiger partial charge >= 0.3 is 0 Å². The molecule has 5 heteroatoms. The maximum Gasteiger partial charge on any atom is 0.266 e. The molecule has 0 saturated carbocycles. The lowest BCUT2D eigenvalue weighted by molar-refractivity contribution is -0.121. The normalized spacial score (nSPS) is 18.2. The van der Waals surface area contributed by atoms with E-state index in [0.29, 0.717) is 15.1 Å². The van der Waals surface area contributed by atoms with Crippen molar-refractivity contribution < 1.29 is 4.79 Å². The third-order valence-electron chi connectivity index (χ3n) is 3.43. The highest BCUT2D eigenvalue weighted by Gasteiger charge is 2.30. The van der Waals surface area contributed by atoms with E-state index in [9.17, 15) is 4.79 Å². The van der Waals surface area contributed by atoms with Gasteiger partial charge in [-0.1, -0.05) is 41.4 Å². The molecule has 1 aliphatic heterocycles. The Morgan fingerprint density at radius 1 is 1.09 bits per heavy atom. The third-order valence-corrected chi connectivity index (χ3v) is 4.74. The van der Waals surface area contributed by atoms with E-state index in [4.69, 9.17) is 11.6 Å². The van der Waals surface area contributed by atoms with E-state index in [1.165, 1.54) is 17.3 Å². The van der Waals surface area contributed by atoms with Gasteiger partial charge in [-0.3, -0.25) is 9.69 Å². The van der Waals surface area contributed by atoms with Gasteiger partial charge in [0.2, 0.25) is 0 Å². The summed E-state index contributed by atoms with van der Waals surface area (Å²) in [7, 11) is 1.74. The number of amidine groups is 1. The largest absolute Gasteiger partial charge is 0.290 e. The second-order valence-corrected chi connectivity index (χ2v) is 6.70. The van der Waals surface area contributed by atoms with Crippen LogP contribution in [0, 0.1) is 6.92 Å². The second-order valence-electron chi connectivity index (χ2n) is 5.26. The predicted octanol–water partition coefficient (Wildman–Crippen LogP) is 4.88.